The SMILES string of the molecule is Cc1ccc(NC(=O)c2ccc(N)cc2)cn1. The van der Waals surface area contributed by atoms with Crippen LogP contribution in [-0.2, 0) is 0 Å². The minimum Gasteiger partial charge on any atom is -0.399 e. The van der Waals surface area contributed by atoms with E-state index in [4.69, 9.17) is 5.73 Å². The van der Waals surface area contributed by atoms with Gasteiger partial charge in [-0.15, -0.1) is 0 Å². The summed E-state index contributed by atoms with van der Waals surface area (Å²) in [6, 6.07) is 10.4. The lowest BCUT2D eigenvalue weighted by Crippen LogP contribution is -2.12. The number of nitrogens with zero attached hydrogens (tertiary/aromatic N) is 1. The van der Waals surface area contributed by atoms with Crippen LogP contribution < -0.4 is 11.1 Å². The molecule has 17 heavy (non-hydrogen) atoms. The molecule has 0 unspecified atom stereocenters. The number of aromatic nitrogens is 1. The predicted octanol–water partition coefficient (Wildman–Crippen LogP) is 2.22. The van der Waals surface area contributed by atoms with E-state index in [0.29, 0.717) is 16.9 Å². The van der Waals surface area contributed by atoms with E-state index in [0.717, 1.165) is 5.69 Å². The number of rotatable bonds is 2. The van der Waals surface area contributed by atoms with E-state index in [1.807, 2.05) is 19.1 Å². The molecular weight excluding hydrogens is 214 g/mol. The Morgan fingerprint density at radius 3 is 2.47 bits per heavy atom. The highest BCUT2D eigenvalue weighted by Gasteiger charge is 2.05. The molecule has 0 aliphatic heterocycles. The fourth-order valence-electron chi connectivity index (χ4n) is 1.38. The van der Waals surface area contributed by atoms with E-state index >= 15 is 0 Å². The topological polar surface area (TPSA) is 68.0 Å². The number of aryl methyl sites for hydroxylation is 1. The number of amides is 1. The van der Waals surface area contributed by atoms with Crippen molar-refractivity contribution in [3.63, 3.8) is 0 Å². The van der Waals surface area contributed by atoms with Gasteiger partial charge in [0.25, 0.3) is 5.91 Å². The van der Waals surface area contributed by atoms with Gasteiger partial charge in [0.1, 0.15) is 0 Å². The molecule has 3 N–H and O–H groups in total. The van der Waals surface area contributed by atoms with E-state index < -0.39 is 0 Å². The Hall–Kier alpha value is -2.36. The molecule has 0 aliphatic rings. The summed E-state index contributed by atoms with van der Waals surface area (Å²) in [6.45, 7) is 1.89. The van der Waals surface area contributed by atoms with Crippen molar-refractivity contribution in [1.29, 1.82) is 0 Å². The first-order chi connectivity index (χ1) is 8.15. The van der Waals surface area contributed by atoms with Gasteiger partial charge in [-0.3, -0.25) is 9.78 Å². The van der Waals surface area contributed by atoms with Crippen molar-refractivity contribution < 1.29 is 4.79 Å². The molecule has 1 aromatic heterocycles. The third-order valence-electron chi connectivity index (χ3n) is 2.34. The number of anilines is 2. The third kappa shape index (κ3) is 2.81. The second-order valence-electron chi connectivity index (χ2n) is 3.76. The molecule has 0 aliphatic carbocycles. The zero-order valence-electron chi connectivity index (χ0n) is 9.47. The highest BCUT2D eigenvalue weighted by Crippen LogP contribution is 2.10. The van der Waals surface area contributed by atoms with Gasteiger partial charge in [0.05, 0.1) is 11.9 Å². The molecule has 1 aromatic carbocycles. The van der Waals surface area contributed by atoms with Crippen LogP contribution in [0, 0.1) is 6.92 Å². The van der Waals surface area contributed by atoms with Crippen molar-refractivity contribution in [3.05, 3.63) is 53.9 Å². The first-order valence-electron chi connectivity index (χ1n) is 5.25. The van der Waals surface area contributed by atoms with Crippen LogP contribution in [0.5, 0.6) is 0 Å². The quantitative estimate of drug-likeness (QED) is 0.773. The van der Waals surface area contributed by atoms with Gasteiger partial charge < -0.3 is 11.1 Å². The Kier molecular flexibility index (Phi) is 3.05. The van der Waals surface area contributed by atoms with Crippen LogP contribution in [0.3, 0.4) is 0 Å². The van der Waals surface area contributed by atoms with Gasteiger partial charge in [-0.25, -0.2) is 0 Å². The van der Waals surface area contributed by atoms with Crippen LogP contribution >= 0.6 is 0 Å². The van der Waals surface area contributed by atoms with E-state index in [1.165, 1.54) is 0 Å². The van der Waals surface area contributed by atoms with Gasteiger partial charge in [-0.1, -0.05) is 0 Å². The molecule has 86 valence electrons. The zero-order chi connectivity index (χ0) is 12.3. The fourth-order valence-corrected chi connectivity index (χ4v) is 1.38. The summed E-state index contributed by atoms with van der Waals surface area (Å²) >= 11 is 0. The van der Waals surface area contributed by atoms with Crippen LogP contribution in [-0.4, -0.2) is 10.9 Å². The maximum absolute atomic E-state index is 11.8. The molecule has 1 amide bonds. The number of nitrogens with one attached hydrogen (secondary N) is 1. The molecule has 0 fully saturated rings. The predicted molar refractivity (Wildman–Crippen MR) is 67.8 cm³/mol. The van der Waals surface area contributed by atoms with Crippen LogP contribution in [0.15, 0.2) is 42.6 Å². The van der Waals surface area contributed by atoms with Crippen LogP contribution in [0.25, 0.3) is 0 Å². The van der Waals surface area contributed by atoms with Crippen molar-refractivity contribution in [2.45, 2.75) is 6.92 Å². The summed E-state index contributed by atoms with van der Waals surface area (Å²) in [5.41, 5.74) is 8.35. The maximum Gasteiger partial charge on any atom is 0.255 e. The lowest BCUT2D eigenvalue weighted by Gasteiger charge is -2.05. The van der Waals surface area contributed by atoms with Gasteiger partial charge in [0.2, 0.25) is 0 Å². The van der Waals surface area contributed by atoms with E-state index in [9.17, 15) is 4.79 Å². The minimum absolute atomic E-state index is 0.171. The number of benzene rings is 1. The number of hydrogen-bond donors (Lipinski definition) is 2. The highest BCUT2D eigenvalue weighted by molar-refractivity contribution is 6.04. The lowest BCUT2D eigenvalue weighted by atomic mass is 10.2. The molecule has 4 nitrogen and oxygen atoms in total. The largest absolute Gasteiger partial charge is 0.399 e. The molecule has 4 heteroatoms. The second-order valence-corrected chi connectivity index (χ2v) is 3.76. The summed E-state index contributed by atoms with van der Waals surface area (Å²) in [4.78, 5) is 15.9. The van der Waals surface area contributed by atoms with Crippen molar-refractivity contribution in [1.82, 2.24) is 4.98 Å². The summed E-state index contributed by atoms with van der Waals surface area (Å²) in [5, 5.41) is 2.76. The number of nitrogen functional groups attached to an aromatic ring is 1. The Morgan fingerprint density at radius 1 is 1.18 bits per heavy atom. The standard InChI is InChI=1S/C13H13N3O/c1-9-2-7-12(8-15-9)16-13(17)10-3-5-11(14)6-4-10/h2-8H,14H2,1H3,(H,16,17). The summed E-state index contributed by atoms with van der Waals surface area (Å²) in [5.74, 6) is -0.171. The number of pyridine rings is 1. The van der Waals surface area contributed by atoms with Gasteiger partial charge in [0.15, 0.2) is 0 Å². The summed E-state index contributed by atoms with van der Waals surface area (Å²) < 4.78 is 0. The Morgan fingerprint density at radius 2 is 1.88 bits per heavy atom. The molecule has 0 saturated carbocycles. The maximum atomic E-state index is 11.8. The first-order valence-corrected chi connectivity index (χ1v) is 5.25. The van der Waals surface area contributed by atoms with Crippen molar-refractivity contribution >= 4 is 17.3 Å². The Balaban J connectivity index is 2.11. The van der Waals surface area contributed by atoms with Crippen molar-refractivity contribution in [3.8, 4) is 0 Å². The van der Waals surface area contributed by atoms with E-state index in [2.05, 4.69) is 10.3 Å². The third-order valence-corrected chi connectivity index (χ3v) is 2.34. The molecule has 0 bridgehead atoms. The minimum atomic E-state index is -0.171. The number of nitrogens with two attached hydrogens (primary N) is 1. The summed E-state index contributed by atoms with van der Waals surface area (Å²) in [6.07, 6.45) is 1.63. The molecule has 0 atom stereocenters. The average molecular weight is 227 g/mol. The van der Waals surface area contributed by atoms with E-state index in [1.54, 1.807) is 30.5 Å². The smallest absolute Gasteiger partial charge is 0.255 e. The zero-order valence-corrected chi connectivity index (χ0v) is 9.47. The number of carbonyl (C=O) groups is 1. The average Bonchev–Trinajstić information content (AvgIpc) is 2.33. The van der Waals surface area contributed by atoms with E-state index in [-0.39, 0.29) is 5.91 Å². The molecule has 2 aromatic rings. The second kappa shape index (κ2) is 4.65. The first kappa shape index (κ1) is 11.1. The van der Waals surface area contributed by atoms with Crippen LogP contribution in [0.4, 0.5) is 11.4 Å². The molecule has 2 rings (SSSR count). The van der Waals surface area contributed by atoms with Crippen LogP contribution in [0.1, 0.15) is 16.1 Å². The lowest BCUT2D eigenvalue weighted by molar-refractivity contribution is 0.102. The molecule has 0 spiro atoms. The van der Waals surface area contributed by atoms with Gasteiger partial charge in [-0.05, 0) is 43.3 Å². The molecule has 1 heterocycles. The number of hydrogen-bond acceptors (Lipinski definition) is 3. The highest BCUT2D eigenvalue weighted by atomic mass is 16.1. The van der Waals surface area contributed by atoms with Crippen molar-refractivity contribution in [2.75, 3.05) is 11.1 Å². The van der Waals surface area contributed by atoms with Gasteiger partial charge in [-0.2, -0.15) is 0 Å². The summed E-state index contributed by atoms with van der Waals surface area (Å²) in [7, 11) is 0. The molecular formula is C13H13N3O. The molecule has 0 saturated heterocycles. The van der Waals surface area contributed by atoms with Crippen molar-refractivity contribution in [2.24, 2.45) is 0 Å². The molecule has 0 radical (unpaired) electrons. The normalized spacial score (nSPS) is 9.94. The monoisotopic (exact) mass is 227 g/mol. The Bertz CT molecular complexity index is 517. The van der Waals surface area contributed by atoms with Gasteiger partial charge >= 0.3 is 0 Å². The number of carbonyl (C=O) groups excluding carboxylic acids is 1. The fraction of sp³-hybridized carbons (Fsp3) is 0.0769. The van der Waals surface area contributed by atoms with Crippen LogP contribution in [0.2, 0.25) is 0 Å². The van der Waals surface area contributed by atoms with Gasteiger partial charge in [0, 0.05) is 16.9 Å². The Labute approximate surface area is 99.5 Å².